The van der Waals surface area contributed by atoms with E-state index >= 15 is 0 Å². The molecule has 168 valence electrons. The Kier molecular flexibility index (Phi) is 6.51. The van der Waals surface area contributed by atoms with Crippen molar-refractivity contribution in [3.8, 4) is 0 Å². The van der Waals surface area contributed by atoms with Crippen LogP contribution >= 0.6 is 0 Å². The van der Waals surface area contributed by atoms with Gasteiger partial charge in [-0.2, -0.15) is 0 Å². The molecule has 12 heteroatoms. The van der Waals surface area contributed by atoms with Crippen LogP contribution in [0.5, 0.6) is 0 Å². The summed E-state index contributed by atoms with van der Waals surface area (Å²) in [5.74, 6) is -1.22. The average Bonchev–Trinajstić information content (AvgIpc) is 2.68. The molecule has 1 saturated heterocycles. The number of nitrogens with zero attached hydrogens (tertiary/aromatic N) is 4. The number of amides is 1. The van der Waals surface area contributed by atoms with E-state index in [9.17, 15) is 13.2 Å². The molecule has 30 heavy (non-hydrogen) atoms. The lowest BCUT2D eigenvalue weighted by Gasteiger charge is -2.41. The number of hydrogen-bond acceptors (Lipinski definition) is 9. The minimum absolute atomic E-state index is 0.0913. The van der Waals surface area contributed by atoms with E-state index in [1.165, 1.54) is 17.7 Å². The van der Waals surface area contributed by atoms with Gasteiger partial charge in [-0.1, -0.05) is 13.8 Å². The number of ether oxygens (including phenoxy) is 1. The van der Waals surface area contributed by atoms with E-state index in [2.05, 4.69) is 34.5 Å². The minimum atomic E-state index is -3.22. The molecule has 3 rings (SSSR count). The summed E-state index contributed by atoms with van der Waals surface area (Å²) in [6.07, 6.45) is 5.76. The molecule has 0 saturated carbocycles. The first-order valence-corrected chi connectivity index (χ1v) is 12.0. The quantitative estimate of drug-likeness (QED) is 0.452. The van der Waals surface area contributed by atoms with Crippen LogP contribution in [0.4, 0.5) is 0 Å². The Morgan fingerprint density at radius 1 is 1.37 bits per heavy atom. The Morgan fingerprint density at radius 3 is 2.53 bits per heavy atom. The van der Waals surface area contributed by atoms with E-state index in [0.29, 0.717) is 37.6 Å². The van der Waals surface area contributed by atoms with E-state index in [0.717, 1.165) is 12.8 Å². The molecule has 0 aromatic carbocycles. The zero-order chi connectivity index (χ0) is 22.1. The maximum Gasteiger partial charge on any atom is 0.277 e. The van der Waals surface area contributed by atoms with Gasteiger partial charge in [0.2, 0.25) is 21.8 Å². The number of sulfonamides is 1. The summed E-state index contributed by atoms with van der Waals surface area (Å²) in [7, 11) is -1.71. The van der Waals surface area contributed by atoms with Gasteiger partial charge < -0.3 is 15.0 Å². The van der Waals surface area contributed by atoms with Crippen molar-refractivity contribution in [2.24, 2.45) is 15.7 Å². The van der Waals surface area contributed by atoms with Gasteiger partial charge in [0.25, 0.3) is 5.91 Å². The number of piperidine rings is 1. The number of fused-ring (bicyclic) bond motifs is 1. The number of methoxy groups -OCH3 is 1. The molecule has 0 aliphatic carbocycles. The van der Waals surface area contributed by atoms with Crippen LogP contribution in [0, 0.1) is 0 Å². The highest BCUT2D eigenvalue weighted by Gasteiger charge is 2.42. The predicted molar refractivity (Wildman–Crippen MR) is 114 cm³/mol. The third kappa shape index (κ3) is 4.66. The molecule has 3 aliphatic heterocycles. The van der Waals surface area contributed by atoms with Gasteiger partial charge in [0.05, 0.1) is 19.6 Å². The molecule has 0 spiro atoms. The predicted octanol–water partition coefficient (Wildman–Crippen LogP) is -0.511. The summed E-state index contributed by atoms with van der Waals surface area (Å²) < 4.78 is 30.2. The maximum absolute atomic E-state index is 12.8. The molecule has 0 aromatic heterocycles. The summed E-state index contributed by atoms with van der Waals surface area (Å²) in [5, 5.41) is 5.88. The zero-order valence-corrected chi connectivity index (χ0v) is 18.7. The second-order valence-corrected chi connectivity index (χ2v) is 9.73. The topological polar surface area (TPSA) is 142 Å². The molecule has 11 nitrogen and oxygen atoms in total. The van der Waals surface area contributed by atoms with Crippen molar-refractivity contribution in [1.82, 2.24) is 19.8 Å². The second kappa shape index (κ2) is 8.61. The standard InChI is InChI=1S/C18H31N7O4S/c1-5-13(6-2)25-11-14(29-3)20-15-16(25)22-18(19,23-17(15)26)21-12-7-9-24(10-8-12)30(4,27)28/h11-13,21H,5-10,19H2,1-4H3,(H,23,26). The molecular weight excluding hydrogens is 410 g/mol. The summed E-state index contributed by atoms with van der Waals surface area (Å²) in [6.45, 7) is 4.91. The Labute approximate surface area is 177 Å². The number of carbonyl (C=O) groups excluding carboxylic acids is 1. The number of carbonyl (C=O) groups is 1. The Balaban J connectivity index is 1.84. The number of rotatable bonds is 7. The summed E-state index contributed by atoms with van der Waals surface area (Å²) in [4.78, 5) is 23.6. The molecule has 1 atom stereocenters. The SMILES string of the molecule is CCC(CC)N1C=C(OC)N=C2C(=O)NC(N)(NC3CCN(S(C)(=O)=O)CC3)N=C21. The third-order valence-corrected chi connectivity index (χ3v) is 6.92. The number of hydrogen-bond donors (Lipinski definition) is 3. The first kappa shape index (κ1) is 22.7. The van der Waals surface area contributed by atoms with Crippen molar-refractivity contribution < 1.29 is 17.9 Å². The van der Waals surface area contributed by atoms with Crippen LogP contribution < -0.4 is 16.4 Å². The fraction of sp³-hybridized carbons (Fsp3) is 0.722. The number of nitrogens with one attached hydrogen (secondary N) is 2. The van der Waals surface area contributed by atoms with Gasteiger partial charge in [0.1, 0.15) is 0 Å². The zero-order valence-electron chi connectivity index (χ0n) is 17.9. The fourth-order valence-corrected chi connectivity index (χ4v) is 4.83. The lowest BCUT2D eigenvalue weighted by molar-refractivity contribution is -0.117. The fourth-order valence-electron chi connectivity index (χ4n) is 3.95. The Bertz CT molecular complexity index is 873. The second-order valence-electron chi connectivity index (χ2n) is 7.75. The van der Waals surface area contributed by atoms with E-state index in [1.54, 1.807) is 6.20 Å². The highest BCUT2D eigenvalue weighted by atomic mass is 32.2. The number of aliphatic imine (C=N–C) groups is 2. The minimum Gasteiger partial charge on any atom is -0.480 e. The van der Waals surface area contributed by atoms with Gasteiger partial charge in [-0.3, -0.25) is 15.8 Å². The lowest BCUT2D eigenvalue weighted by Crippen LogP contribution is -2.72. The highest BCUT2D eigenvalue weighted by molar-refractivity contribution is 7.88. The number of amidine groups is 1. The molecule has 0 aromatic rings. The highest BCUT2D eigenvalue weighted by Crippen LogP contribution is 2.23. The van der Waals surface area contributed by atoms with Crippen molar-refractivity contribution in [2.45, 2.75) is 57.5 Å². The largest absolute Gasteiger partial charge is 0.480 e. The van der Waals surface area contributed by atoms with Crippen LogP contribution in [-0.2, 0) is 19.6 Å². The average molecular weight is 442 g/mol. The first-order chi connectivity index (χ1) is 14.1. The van der Waals surface area contributed by atoms with Crippen molar-refractivity contribution in [3.05, 3.63) is 12.1 Å². The van der Waals surface area contributed by atoms with Gasteiger partial charge in [0.15, 0.2) is 11.5 Å². The monoisotopic (exact) mass is 441 g/mol. The molecule has 0 bridgehead atoms. The van der Waals surface area contributed by atoms with Gasteiger partial charge in [0, 0.05) is 25.2 Å². The Hall–Kier alpha value is -2.02. The van der Waals surface area contributed by atoms with Crippen LogP contribution in [-0.4, -0.2) is 79.5 Å². The summed E-state index contributed by atoms with van der Waals surface area (Å²) in [5.41, 5.74) is 6.59. The lowest BCUT2D eigenvalue weighted by atomic mass is 10.1. The van der Waals surface area contributed by atoms with Crippen LogP contribution in [0.25, 0.3) is 0 Å². The van der Waals surface area contributed by atoms with E-state index in [-0.39, 0.29) is 17.8 Å². The van der Waals surface area contributed by atoms with Crippen LogP contribution in [0.2, 0.25) is 0 Å². The smallest absolute Gasteiger partial charge is 0.277 e. The van der Waals surface area contributed by atoms with Crippen molar-refractivity contribution in [3.63, 3.8) is 0 Å². The molecule has 1 amide bonds. The molecule has 3 heterocycles. The van der Waals surface area contributed by atoms with Crippen molar-refractivity contribution in [2.75, 3.05) is 26.5 Å². The van der Waals surface area contributed by atoms with Gasteiger partial charge in [-0.15, -0.1) is 0 Å². The van der Waals surface area contributed by atoms with Gasteiger partial charge in [-0.25, -0.2) is 22.7 Å². The molecule has 1 fully saturated rings. The third-order valence-electron chi connectivity index (χ3n) is 5.62. The normalized spacial score (nSPS) is 26.0. The van der Waals surface area contributed by atoms with Gasteiger partial charge in [-0.05, 0) is 25.7 Å². The molecule has 3 aliphatic rings. The molecular formula is C18H31N7O4S. The van der Waals surface area contributed by atoms with E-state index < -0.39 is 21.8 Å². The molecule has 1 unspecified atom stereocenters. The number of nitrogens with two attached hydrogens (primary N) is 1. The molecule has 4 N–H and O–H groups in total. The van der Waals surface area contributed by atoms with E-state index in [1.807, 2.05) is 4.90 Å². The molecule has 0 radical (unpaired) electrons. The maximum atomic E-state index is 12.8. The first-order valence-electron chi connectivity index (χ1n) is 10.2. The van der Waals surface area contributed by atoms with Crippen molar-refractivity contribution in [1.29, 1.82) is 0 Å². The summed E-state index contributed by atoms with van der Waals surface area (Å²) in [6, 6.07) is 0.0129. The van der Waals surface area contributed by atoms with Crippen LogP contribution in [0.15, 0.2) is 22.1 Å². The van der Waals surface area contributed by atoms with Gasteiger partial charge >= 0.3 is 0 Å². The van der Waals surface area contributed by atoms with Crippen molar-refractivity contribution >= 4 is 27.5 Å². The Morgan fingerprint density at radius 2 is 2.00 bits per heavy atom. The summed E-state index contributed by atoms with van der Waals surface area (Å²) >= 11 is 0. The van der Waals surface area contributed by atoms with E-state index in [4.69, 9.17) is 10.5 Å². The van der Waals surface area contributed by atoms with Crippen LogP contribution in [0.3, 0.4) is 0 Å². The van der Waals surface area contributed by atoms with Crippen LogP contribution in [0.1, 0.15) is 39.5 Å².